The molecule has 2 N–H and O–H groups in total. The van der Waals surface area contributed by atoms with Gasteiger partial charge in [-0.2, -0.15) is 0 Å². The topological polar surface area (TPSA) is 84.2 Å². The summed E-state index contributed by atoms with van der Waals surface area (Å²) in [4.78, 5) is 23.9. The summed E-state index contributed by atoms with van der Waals surface area (Å²) in [5.74, 6) is 0.0496. The van der Waals surface area contributed by atoms with Gasteiger partial charge in [-0.1, -0.05) is 18.1 Å². The zero-order valence-corrected chi connectivity index (χ0v) is 12.2. The molecule has 0 radical (unpaired) electrons. The van der Waals surface area contributed by atoms with Crippen LogP contribution >= 0.6 is 0 Å². The number of amides is 2. The van der Waals surface area contributed by atoms with E-state index < -0.39 is 0 Å². The lowest BCUT2D eigenvalue weighted by Crippen LogP contribution is -2.18. The van der Waals surface area contributed by atoms with Crippen LogP contribution in [0.4, 0.5) is 5.69 Å². The van der Waals surface area contributed by atoms with E-state index in [9.17, 15) is 9.59 Å². The van der Waals surface area contributed by atoms with Crippen molar-refractivity contribution in [2.45, 2.75) is 20.3 Å². The fourth-order valence-electron chi connectivity index (χ4n) is 2.02. The van der Waals surface area contributed by atoms with Crippen LogP contribution in [0.5, 0.6) is 0 Å². The maximum atomic E-state index is 12.3. The highest BCUT2D eigenvalue weighted by Crippen LogP contribution is 2.17. The Morgan fingerprint density at radius 2 is 2.05 bits per heavy atom. The van der Waals surface area contributed by atoms with Crippen molar-refractivity contribution in [3.63, 3.8) is 0 Å². The molecule has 1 heterocycles. The molecule has 0 aliphatic heterocycles. The predicted octanol–water partition coefficient (Wildman–Crippen LogP) is 2.16. The third-order valence-electron chi connectivity index (χ3n) is 3.09. The number of anilines is 1. The Morgan fingerprint density at radius 3 is 2.71 bits per heavy atom. The average molecular weight is 287 g/mol. The number of hydrogen-bond acceptors (Lipinski definition) is 4. The van der Waals surface area contributed by atoms with Gasteiger partial charge in [0.05, 0.1) is 5.69 Å². The average Bonchev–Trinajstić information content (AvgIpc) is 2.87. The molecular weight excluding hydrogens is 270 g/mol. The van der Waals surface area contributed by atoms with Crippen molar-refractivity contribution in [2.24, 2.45) is 0 Å². The number of carbonyl (C=O) groups is 2. The summed E-state index contributed by atoms with van der Waals surface area (Å²) in [7, 11) is 1.56. The van der Waals surface area contributed by atoms with Crippen molar-refractivity contribution in [3.8, 4) is 0 Å². The third-order valence-corrected chi connectivity index (χ3v) is 3.09. The molecule has 6 nitrogen and oxygen atoms in total. The first-order valence-corrected chi connectivity index (χ1v) is 6.65. The first-order valence-electron chi connectivity index (χ1n) is 6.65. The molecule has 2 aromatic rings. The summed E-state index contributed by atoms with van der Waals surface area (Å²) < 4.78 is 5.11. The second kappa shape index (κ2) is 6.21. The van der Waals surface area contributed by atoms with Gasteiger partial charge in [0.1, 0.15) is 11.3 Å². The van der Waals surface area contributed by atoms with Gasteiger partial charge >= 0.3 is 0 Å². The van der Waals surface area contributed by atoms with Crippen LogP contribution in [0, 0.1) is 6.92 Å². The number of hydrogen-bond donors (Lipinski definition) is 2. The smallest absolute Gasteiger partial charge is 0.261 e. The van der Waals surface area contributed by atoms with Gasteiger partial charge in [0, 0.05) is 24.7 Å². The van der Waals surface area contributed by atoms with Gasteiger partial charge in [-0.25, -0.2) is 0 Å². The molecule has 0 bridgehead atoms. The van der Waals surface area contributed by atoms with Crippen molar-refractivity contribution >= 4 is 17.5 Å². The molecule has 2 rings (SSSR count). The van der Waals surface area contributed by atoms with Crippen molar-refractivity contribution in [2.75, 3.05) is 12.4 Å². The summed E-state index contributed by atoms with van der Waals surface area (Å²) in [6, 6.07) is 6.72. The normalized spacial score (nSPS) is 10.2. The van der Waals surface area contributed by atoms with Crippen LogP contribution in [0.1, 0.15) is 39.1 Å². The van der Waals surface area contributed by atoms with E-state index in [1.54, 1.807) is 38.2 Å². The zero-order chi connectivity index (χ0) is 15.4. The second-order valence-electron chi connectivity index (χ2n) is 4.53. The van der Waals surface area contributed by atoms with E-state index >= 15 is 0 Å². The molecule has 1 aromatic carbocycles. The van der Waals surface area contributed by atoms with E-state index in [4.69, 9.17) is 4.52 Å². The van der Waals surface area contributed by atoms with Gasteiger partial charge in [0.2, 0.25) is 0 Å². The van der Waals surface area contributed by atoms with Crippen LogP contribution in [0.15, 0.2) is 28.8 Å². The van der Waals surface area contributed by atoms with Gasteiger partial charge in [0.15, 0.2) is 0 Å². The number of rotatable bonds is 4. The Labute approximate surface area is 122 Å². The van der Waals surface area contributed by atoms with Gasteiger partial charge in [-0.3, -0.25) is 9.59 Å². The van der Waals surface area contributed by atoms with Crippen molar-refractivity contribution in [1.82, 2.24) is 10.5 Å². The first kappa shape index (κ1) is 14.8. The lowest BCUT2D eigenvalue weighted by atomic mass is 10.1. The Bertz CT molecular complexity index is 677. The second-order valence-corrected chi connectivity index (χ2v) is 4.53. The Kier molecular flexibility index (Phi) is 4.37. The lowest BCUT2D eigenvalue weighted by Gasteiger charge is -2.07. The van der Waals surface area contributed by atoms with E-state index in [1.165, 1.54) is 0 Å². The van der Waals surface area contributed by atoms with E-state index in [1.807, 2.05) is 6.92 Å². The molecule has 0 atom stereocenters. The van der Waals surface area contributed by atoms with Crippen LogP contribution in [0.3, 0.4) is 0 Å². The van der Waals surface area contributed by atoms with Crippen LogP contribution in [0.2, 0.25) is 0 Å². The Hall–Kier alpha value is -2.63. The van der Waals surface area contributed by atoms with Crippen LogP contribution in [0.25, 0.3) is 0 Å². The van der Waals surface area contributed by atoms with E-state index in [0.717, 1.165) is 0 Å². The van der Waals surface area contributed by atoms with Crippen molar-refractivity contribution in [3.05, 3.63) is 46.8 Å². The molecule has 0 aliphatic rings. The minimum absolute atomic E-state index is 0.207. The molecule has 0 fully saturated rings. The number of benzene rings is 1. The summed E-state index contributed by atoms with van der Waals surface area (Å²) in [6.45, 7) is 3.61. The highest BCUT2D eigenvalue weighted by Gasteiger charge is 2.19. The fourth-order valence-corrected chi connectivity index (χ4v) is 2.02. The highest BCUT2D eigenvalue weighted by atomic mass is 16.5. The van der Waals surface area contributed by atoms with Gasteiger partial charge in [-0.15, -0.1) is 0 Å². The standard InChI is InChI=1S/C15H17N3O3/c1-4-12-13(9(2)18-21-12)15(20)17-11-7-5-6-10(8-11)14(19)16-3/h5-8H,4H2,1-3H3,(H,16,19)(H,17,20). The molecule has 6 heteroatoms. The Morgan fingerprint density at radius 1 is 1.29 bits per heavy atom. The predicted molar refractivity (Wildman–Crippen MR) is 78.4 cm³/mol. The Balaban J connectivity index is 2.24. The number of nitrogens with one attached hydrogen (secondary N) is 2. The number of aryl methyl sites for hydroxylation is 2. The zero-order valence-electron chi connectivity index (χ0n) is 12.2. The molecule has 21 heavy (non-hydrogen) atoms. The maximum absolute atomic E-state index is 12.3. The largest absolute Gasteiger partial charge is 0.360 e. The number of aromatic nitrogens is 1. The lowest BCUT2D eigenvalue weighted by molar-refractivity contribution is 0.0961. The SMILES string of the molecule is CCc1onc(C)c1C(=O)Nc1cccc(C(=O)NC)c1. The van der Waals surface area contributed by atoms with Crippen LogP contribution in [-0.4, -0.2) is 24.0 Å². The van der Waals surface area contributed by atoms with Crippen molar-refractivity contribution < 1.29 is 14.1 Å². The van der Waals surface area contributed by atoms with Crippen LogP contribution < -0.4 is 10.6 Å². The minimum atomic E-state index is -0.292. The molecular formula is C15H17N3O3. The highest BCUT2D eigenvalue weighted by molar-refractivity contribution is 6.06. The fraction of sp³-hybridized carbons (Fsp3) is 0.267. The van der Waals surface area contributed by atoms with Crippen molar-refractivity contribution in [1.29, 1.82) is 0 Å². The molecule has 0 unspecified atom stereocenters. The minimum Gasteiger partial charge on any atom is -0.360 e. The summed E-state index contributed by atoms with van der Waals surface area (Å²) >= 11 is 0. The molecule has 0 aliphatic carbocycles. The summed E-state index contributed by atoms with van der Waals surface area (Å²) in [5, 5.41) is 9.11. The molecule has 0 spiro atoms. The molecule has 110 valence electrons. The molecule has 2 amide bonds. The van der Waals surface area contributed by atoms with Gasteiger partial charge < -0.3 is 15.2 Å². The summed E-state index contributed by atoms with van der Waals surface area (Å²) in [6.07, 6.45) is 0.585. The number of nitrogens with zero attached hydrogens (tertiary/aromatic N) is 1. The van der Waals surface area contributed by atoms with E-state index in [0.29, 0.717) is 34.7 Å². The first-order chi connectivity index (χ1) is 10.1. The molecule has 0 saturated heterocycles. The number of carbonyl (C=O) groups excluding carboxylic acids is 2. The monoisotopic (exact) mass is 287 g/mol. The molecule has 0 saturated carbocycles. The summed E-state index contributed by atoms with van der Waals surface area (Å²) in [5.41, 5.74) is 2.02. The quantitative estimate of drug-likeness (QED) is 0.902. The third kappa shape index (κ3) is 3.10. The van der Waals surface area contributed by atoms with Crippen LogP contribution in [-0.2, 0) is 6.42 Å². The van der Waals surface area contributed by atoms with Gasteiger partial charge in [0.25, 0.3) is 11.8 Å². The van der Waals surface area contributed by atoms with Gasteiger partial charge in [-0.05, 0) is 25.1 Å². The van der Waals surface area contributed by atoms with E-state index in [2.05, 4.69) is 15.8 Å². The maximum Gasteiger partial charge on any atom is 0.261 e. The van der Waals surface area contributed by atoms with E-state index in [-0.39, 0.29) is 11.8 Å². The molecule has 1 aromatic heterocycles.